The lowest BCUT2D eigenvalue weighted by Gasteiger charge is -2.13. The second-order valence-corrected chi connectivity index (χ2v) is 6.72. The molecule has 1 unspecified atom stereocenters. The smallest absolute Gasteiger partial charge is 0.211 e. The minimum absolute atomic E-state index is 0.0402. The molecule has 1 atom stereocenters. The van der Waals surface area contributed by atoms with Crippen molar-refractivity contribution in [3.05, 3.63) is 66.0 Å². The molecule has 1 heterocycles. The predicted octanol–water partition coefficient (Wildman–Crippen LogP) is 1.24. The van der Waals surface area contributed by atoms with Crippen molar-refractivity contribution in [1.82, 2.24) is 9.71 Å². The SMILES string of the molecule is NC(CNS(=O)(=O)CCc1ccncc1)c1ccccc1. The van der Waals surface area contributed by atoms with Gasteiger partial charge in [-0.2, -0.15) is 0 Å². The second-order valence-electron chi connectivity index (χ2n) is 4.79. The number of hydrogen-bond donors (Lipinski definition) is 2. The van der Waals surface area contributed by atoms with Crippen LogP contribution in [-0.2, 0) is 16.4 Å². The minimum Gasteiger partial charge on any atom is -0.323 e. The Bertz CT molecular complexity index is 645. The van der Waals surface area contributed by atoms with E-state index < -0.39 is 10.0 Å². The standard InChI is InChI=1S/C15H19N3O2S/c16-15(14-4-2-1-3-5-14)12-18-21(19,20)11-8-13-6-9-17-10-7-13/h1-7,9-10,15,18H,8,11-12,16H2. The molecule has 0 spiro atoms. The number of nitrogens with one attached hydrogen (secondary N) is 1. The number of benzene rings is 1. The molecular weight excluding hydrogens is 286 g/mol. The third kappa shape index (κ3) is 5.26. The highest BCUT2D eigenvalue weighted by atomic mass is 32.2. The Kier molecular flexibility index (Phi) is 5.44. The Morgan fingerprint density at radius 3 is 2.43 bits per heavy atom. The first-order chi connectivity index (χ1) is 10.1. The minimum atomic E-state index is -3.33. The van der Waals surface area contributed by atoms with Crippen molar-refractivity contribution in [1.29, 1.82) is 0 Å². The molecule has 5 nitrogen and oxygen atoms in total. The van der Waals surface area contributed by atoms with Crippen molar-refractivity contribution in [2.45, 2.75) is 12.5 Å². The number of nitrogens with two attached hydrogens (primary N) is 1. The van der Waals surface area contributed by atoms with Crippen molar-refractivity contribution < 1.29 is 8.42 Å². The molecule has 3 N–H and O–H groups in total. The zero-order valence-electron chi connectivity index (χ0n) is 11.6. The van der Waals surface area contributed by atoms with Crippen LogP contribution in [0.5, 0.6) is 0 Å². The molecule has 2 rings (SSSR count). The summed E-state index contributed by atoms with van der Waals surface area (Å²) in [5.74, 6) is 0.0402. The second kappa shape index (κ2) is 7.31. The van der Waals surface area contributed by atoms with Crippen molar-refractivity contribution in [3.63, 3.8) is 0 Å². The van der Waals surface area contributed by atoms with E-state index in [4.69, 9.17) is 5.73 Å². The van der Waals surface area contributed by atoms with Gasteiger partial charge in [0.25, 0.3) is 0 Å². The van der Waals surface area contributed by atoms with Crippen LogP contribution in [0, 0.1) is 0 Å². The molecule has 0 saturated carbocycles. The van der Waals surface area contributed by atoms with E-state index in [9.17, 15) is 8.42 Å². The molecule has 0 aliphatic rings. The highest BCUT2D eigenvalue weighted by Gasteiger charge is 2.13. The van der Waals surface area contributed by atoms with Gasteiger partial charge in [-0.25, -0.2) is 13.1 Å². The van der Waals surface area contributed by atoms with E-state index in [-0.39, 0.29) is 18.3 Å². The van der Waals surface area contributed by atoms with Gasteiger partial charge in [0.2, 0.25) is 10.0 Å². The lowest BCUT2D eigenvalue weighted by atomic mass is 10.1. The van der Waals surface area contributed by atoms with Gasteiger partial charge in [-0.05, 0) is 29.7 Å². The fourth-order valence-corrected chi connectivity index (χ4v) is 2.99. The van der Waals surface area contributed by atoms with Gasteiger partial charge >= 0.3 is 0 Å². The molecule has 0 bridgehead atoms. The van der Waals surface area contributed by atoms with E-state index in [1.54, 1.807) is 12.4 Å². The lowest BCUT2D eigenvalue weighted by molar-refractivity contribution is 0.571. The number of rotatable bonds is 7. The highest BCUT2D eigenvalue weighted by molar-refractivity contribution is 7.89. The summed E-state index contributed by atoms with van der Waals surface area (Å²) in [5, 5.41) is 0. The third-order valence-corrected chi connectivity index (χ3v) is 4.51. The van der Waals surface area contributed by atoms with Crippen LogP contribution in [-0.4, -0.2) is 25.7 Å². The van der Waals surface area contributed by atoms with Crippen LogP contribution in [0.25, 0.3) is 0 Å². The highest BCUT2D eigenvalue weighted by Crippen LogP contribution is 2.08. The zero-order valence-corrected chi connectivity index (χ0v) is 12.5. The van der Waals surface area contributed by atoms with Gasteiger partial charge in [0.1, 0.15) is 0 Å². The van der Waals surface area contributed by atoms with E-state index in [0.717, 1.165) is 11.1 Å². The van der Waals surface area contributed by atoms with Gasteiger partial charge in [-0.3, -0.25) is 4.98 Å². The number of aryl methyl sites for hydroxylation is 1. The topological polar surface area (TPSA) is 85.1 Å². The van der Waals surface area contributed by atoms with Crippen LogP contribution in [0.2, 0.25) is 0 Å². The lowest BCUT2D eigenvalue weighted by Crippen LogP contribution is -2.34. The molecule has 0 aliphatic carbocycles. The van der Waals surface area contributed by atoms with Gasteiger partial charge in [-0.1, -0.05) is 30.3 Å². The number of nitrogens with zero attached hydrogens (tertiary/aromatic N) is 1. The summed E-state index contributed by atoms with van der Waals surface area (Å²) in [7, 11) is -3.33. The Hall–Kier alpha value is -1.76. The Labute approximate surface area is 125 Å². The monoisotopic (exact) mass is 305 g/mol. The number of pyridine rings is 1. The molecule has 1 aromatic heterocycles. The molecule has 1 aromatic carbocycles. The quantitative estimate of drug-likeness (QED) is 0.806. The molecule has 2 aromatic rings. The summed E-state index contributed by atoms with van der Waals surface area (Å²) in [4.78, 5) is 3.90. The van der Waals surface area contributed by atoms with Crippen LogP contribution < -0.4 is 10.5 Å². The van der Waals surface area contributed by atoms with Crippen molar-refractivity contribution >= 4 is 10.0 Å². The van der Waals surface area contributed by atoms with Crippen molar-refractivity contribution in [2.75, 3.05) is 12.3 Å². The summed E-state index contributed by atoms with van der Waals surface area (Å²) >= 11 is 0. The number of hydrogen-bond acceptors (Lipinski definition) is 4. The number of sulfonamides is 1. The molecule has 0 aliphatic heterocycles. The number of aromatic nitrogens is 1. The normalized spacial score (nSPS) is 13.0. The van der Waals surface area contributed by atoms with Crippen molar-refractivity contribution in [2.24, 2.45) is 5.73 Å². The van der Waals surface area contributed by atoms with Gasteiger partial charge in [-0.15, -0.1) is 0 Å². The van der Waals surface area contributed by atoms with Crippen molar-refractivity contribution in [3.8, 4) is 0 Å². The fourth-order valence-electron chi connectivity index (χ4n) is 1.91. The average Bonchev–Trinajstić information content (AvgIpc) is 2.53. The fraction of sp³-hybridized carbons (Fsp3) is 0.267. The summed E-state index contributed by atoms with van der Waals surface area (Å²) < 4.78 is 26.5. The van der Waals surface area contributed by atoms with Gasteiger partial charge in [0, 0.05) is 25.0 Å². The summed E-state index contributed by atoms with van der Waals surface area (Å²) in [6, 6.07) is 12.7. The zero-order chi connectivity index (χ0) is 15.1. The van der Waals surface area contributed by atoms with Gasteiger partial charge in [0.15, 0.2) is 0 Å². The van der Waals surface area contributed by atoms with E-state index >= 15 is 0 Å². The summed E-state index contributed by atoms with van der Waals surface area (Å²) in [6.07, 6.45) is 3.76. The Morgan fingerprint density at radius 2 is 1.76 bits per heavy atom. The molecule has 0 saturated heterocycles. The molecule has 21 heavy (non-hydrogen) atoms. The van der Waals surface area contributed by atoms with Crippen LogP contribution in [0.4, 0.5) is 0 Å². The maximum atomic E-state index is 12.0. The van der Waals surface area contributed by atoms with Crippen LogP contribution >= 0.6 is 0 Å². The van der Waals surface area contributed by atoms with Crippen LogP contribution in [0.1, 0.15) is 17.2 Å². The van der Waals surface area contributed by atoms with E-state index in [1.165, 1.54) is 0 Å². The summed E-state index contributed by atoms with van der Waals surface area (Å²) in [5.41, 5.74) is 7.83. The first kappa shape index (κ1) is 15.6. The molecule has 0 radical (unpaired) electrons. The third-order valence-electron chi connectivity index (χ3n) is 3.16. The molecule has 0 fully saturated rings. The maximum absolute atomic E-state index is 12.0. The van der Waals surface area contributed by atoms with E-state index in [1.807, 2.05) is 42.5 Å². The first-order valence-corrected chi connectivity index (χ1v) is 8.39. The summed E-state index contributed by atoms with van der Waals surface area (Å²) in [6.45, 7) is 0.197. The Balaban J connectivity index is 1.84. The molecule has 112 valence electrons. The predicted molar refractivity (Wildman–Crippen MR) is 83.1 cm³/mol. The Morgan fingerprint density at radius 1 is 1.10 bits per heavy atom. The molecule has 6 heteroatoms. The van der Waals surface area contributed by atoms with Crippen LogP contribution in [0.3, 0.4) is 0 Å². The first-order valence-electron chi connectivity index (χ1n) is 6.73. The largest absolute Gasteiger partial charge is 0.323 e. The van der Waals surface area contributed by atoms with Crippen LogP contribution in [0.15, 0.2) is 54.9 Å². The van der Waals surface area contributed by atoms with E-state index in [2.05, 4.69) is 9.71 Å². The van der Waals surface area contributed by atoms with Gasteiger partial charge in [0.05, 0.1) is 5.75 Å². The molecule has 0 amide bonds. The maximum Gasteiger partial charge on any atom is 0.211 e. The average molecular weight is 305 g/mol. The van der Waals surface area contributed by atoms with Gasteiger partial charge < -0.3 is 5.73 Å². The van der Waals surface area contributed by atoms with E-state index in [0.29, 0.717) is 6.42 Å². The molecular formula is C15H19N3O2S.